The van der Waals surface area contributed by atoms with Gasteiger partial charge in [0.05, 0.1) is 14.2 Å². The molecule has 2 aromatic rings. The van der Waals surface area contributed by atoms with E-state index in [4.69, 9.17) is 14.2 Å². The van der Waals surface area contributed by atoms with Gasteiger partial charge in [-0.25, -0.2) is 4.98 Å². The second kappa shape index (κ2) is 6.78. The number of rotatable bonds is 6. The van der Waals surface area contributed by atoms with Crippen molar-refractivity contribution in [1.29, 1.82) is 0 Å². The summed E-state index contributed by atoms with van der Waals surface area (Å²) in [6.45, 7) is 4.60. The quantitative estimate of drug-likeness (QED) is 0.881. The number of benzene rings is 1. The first kappa shape index (κ1) is 14.9. The molecule has 0 saturated carbocycles. The molecule has 2 rings (SSSR count). The lowest BCUT2D eigenvalue weighted by atomic mass is 10.3. The third kappa shape index (κ3) is 3.98. The molecule has 6 nitrogen and oxygen atoms in total. The molecule has 0 aliphatic rings. The first-order valence-corrected chi connectivity index (χ1v) is 6.65. The van der Waals surface area contributed by atoms with Crippen molar-refractivity contribution in [3.05, 3.63) is 30.1 Å². The molecule has 1 aromatic heterocycles. The molecule has 0 bridgehead atoms. The largest absolute Gasteiger partial charge is 0.496 e. The SMILES string of the molecule is CCNc1cc(Oc2cc(OC)cc(OC)c2)nc(C)n1. The average molecular weight is 289 g/mol. The lowest BCUT2D eigenvalue weighted by Gasteiger charge is -2.11. The van der Waals surface area contributed by atoms with Gasteiger partial charge in [-0.3, -0.25) is 0 Å². The fourth-order valence-corrected chi connectivity index (χ4v) is 1.83. The summed E-state index contributed by atoms with van der Waals surface area (Å²) < 4.78 is 16.2. The van der Waals surface area contributed by atoms with Crippen LogP contribution < -0.4 is 19.5 Å². The van der Waals surface area contributed by atoms with E-state index in [0.717, 1.165) is 12.4 Å². The first-order chi connectivity index (χ1) is 10.1. The summed E-state index contributed by atoms with van der Waals surface area (Å²) in [5.41, 5.74) is 0. The highest BCUT2D eigenvalue weighted by Crippen LogP contribution is 2.30. The van der Waals surface area contributed by atoms with Crippen molar-refractivity contribution in [2.24, 2.45) is 0 Å². The van der Waals surface area contributed by atoms with Crippen LogP contribution in [0.15, 0.2) is 24.3 Å². The Morgan fingerprint density at radius 2 is 1.57 bits per heavy atom. The van der Waals surface area contributed by atoms with Gasteiger partial charge < -0.3 is 19.5 Å². The Morgan fingerprint density at radius 3 is 2.14 bits per heavy atom. The molecule has 1 N–H and O–H groups in total. The van der Waals surface area contributed by atoms with E-state index in [1.54, 1.807) is 38.5 Å². The van der Waals surface area contributed by atoms with Gasteiger partial charge in [-0.05, 0) is 13.8 Å². The van der Waals surface area contributed by atoms with Gasteiger partial charge in [0.1, 0.15) is 28.9 Å². The average Bonchev–Trinajstić information content (AvgIpc) is 2.46. The molecule has 1 heterocycles. The monoisotopic (exact) mass is 289 g/mol. The minimum atomic E-state index is 0.466. The van der Waals surface area contributed by atoms with Crippen LogP contribution in [0, 0.1) is 6.92 Å². The molecule has 6 heteroatoms. The van der Waals surface area contributed by atoms with Crippen LogP contribution in [-0.4, -0.2) is 30.7 Å². The topological polar surface area (TPSA) is 65.5 Å². The molecule has 0 atom stereocenters. The third-order valence-corrected chi connectivity index (χ3v) is 2.72. The van der Waals surface area contributed by atoms with E-state index in [-0.39, 0.29) is 0 Å². The van der Waals surface area contributed by atoms with Crippen LogP contribution in [0.3, 0.4) is 0 Å². The fourth-order valence-electron chi connectivity index (χ4n) is 1.83. The van der Waals surface area contributed by atoms with Gasteiger partial charge in [0, 0.05) is 30.8 Å². The molecule has 21 heavy (non-hydrogen) atoms. The van der Waals surface area contributed by atoms with Crippen LogP contribution in [0.1, 0.15) is 12.7 Å². The summed E-state index contributed by atoms with van der Waals surface area (Å²) in [7, 11) is 3.19. The predicted octanol–water partition coefficient (Wildman–Crippen LogP) is 3.03. The normalized spacial score (nSPS) is 10.1. The molecule has 0 aliphatic carbocycles. The highest BCUT2D eigenvalue weighted by Gasteiger charge is 2.07. The van der Waals surface area contributed by atoms with Gasteiger partial charge in [-0.1, -0.05) is 0 Å². The maximum absolute atomic E-state index is 5.78. The summed E-state index contributed by atoms with van der Waals surface area (Å²) in [6, 6.07) is 7.07. The number of nitrogens with zero attached hydrogens (tertiary/aromatic N) is 2. The highest BCUT2D eigenvalue weighted by molar-refractivity contribution is 5.45. The van der Waals surface area contributed by atoms with Crippen LogP contribution in [-0.2, 0) is 0 Å². The van der Waals surface area contributed by atoms with Crippen molar-refractivity contribution in [3.8, 4) is 23.1 Å². The molecular weight excluding hydrogens is 270 g/mol. The molecule has 0 amide bonds. The van der Waals surface area contributed by atoms with Gasteiger partial charge in [0.2, 0.25) is 5.88 Å². The number of nitrogens with one attached hydrogen (secondary N) is 1. The minimum Gasteiger partial charge on any atom is -0.496 e. The van der Waals surface area contributed by atoms with Gasteiger partial charge in [0.25, 0.3) is 0 Å². The summed E-state index contributed by atoms with van der Waals surface area (Å²) in [4.78, 5) is 8.55. The van der Waals surface area contributed by atoms with Crippen LogP contribution in [0.25, 0.3) is 0 Å². The minimum absolute atomic E-state index is 0.466. The first-order valence-electron chi connectivity index (χ1n) is 6.65. The predicted molar refractivity (Wildman–Crippen MR) is 80.6 cm³/mol. The molecular formula is C15H19N3O3. The smallest absolute Gasteiger partial charge is 0.224 e. The Morgan fingerprint density at radius 1 is 0.952 bits per heavy atom. The number of aryl methyl sites for hydroxylation is 1. The van der Waals surface area contributed by atoms with E-state index in [1.807, 2.05) is 13.8 Å². The Balaban J connectivity index is 2.28. The summed E-state index contributed by atoms with van der Waals surface area (Å²) in [5, 5.41) is 3.14. The van der Waals surface area contributed by atoms with E-state index < -0.39 is 0 Å². The summed E-state index contributed by atoms with van der Waals surface area (Å²) >= 11 is 0. The lowest BCUT2D eigenvalue weighted by Crippen LogP contribution is -2.02. The molecule has 0 saturated heterocycles. The second-order valence-electron chi connectivity index (χ2n) is 4.32. The maximum Gasteiger partial charge on any atom is 0.224 e. The van der Waals surface area contributed by atoms with Crippen molar-refractivity contribution in [2.75, 3.05) is 26.1 Å². The Labute approximate surface area is 124 Å². The van der Waals surface area contributed by atoms with Crippen LogP contribution >= 0.6 is 0 Å². The number of hydrogen-bond donors (Lipinski definition) is 1. The molecule has 112 valence electrons. The van der Waals surface area contributed by atoms with E-state index in [1.165, 1.54) is 0 Å². The molecule has 1 aromatic carbocycles. The molecule has 0 unspecified atom stereocenters. The summed E-state index contributed by atoms with van der Waals surface area (Å²) in [5.74, 6) is 3.73. The zero-order valence-electron chi connectivity index (χ0n) is 12.6. The standard InChI is InChI=1S/C15H19N3O3/c1-5-16-14-9-15(18-10(2)17-14)21-13-7-11(19-3)6-12(8-13)20-4/h6-9H,5H2,1-4H3,(H,16,17,18). The van der Waals surface area contributed by atoms with Gasteiger partial charge in [-0.15, -0.1) is 0 Å². The van der Waals surface area contributed by atoms with Gasteiger partial charge >= 0.3 is 0 Å². The second-order valence-corrected chi connectivity index (χ2v) is 4.32. The van der Waals surface area contributed by atoms with Crippen LogP contribution in [0.4, 0.5) is 5.82 Å². The van der Waals surface area contributed by atoms with Crippen molar-refractivity contribution >= 4 is 5.82 Å². The lowest BCUT2D eigenvalue weighted by molar-refractivity contribution is 0.385. The third-order valence-electron chi connectivity index (χ3n) is 2.72. The Bertz CT molecular complexity index is 595. The van der Waals surface area contributed by atoms with Crippen molar-refractivity contribution < 1.29 is 14.2 Å². The van der Waals surface area contributed by atoms with E-state index in [0.29, 0.717) is 29.0 Å². The maximum atomic E-state index is 5.78. The van der Waals surface area contributed by atoms with Crippen LogP contribution in [0.5, 0.6) is 23.1 Å². The number of anilines is 1. The summed E-state index contributed by atoms with van der Waals surface area (Å²) in [6.07, 6.45) is 0. The molecule has 0 radical (unpaired) electrons. The van der Waals surface area contributed by atoms with Crippen molar-refractivity contribution in [2.45, 2.75) is 13.8 Å². The number of aromatic nitrogens is 2. The highest BCUT2D eigenvalue weighted by atomic mass is 16.5. The Hall–Kier alpha value is -2.50. The fraction of sp³-hybridized carbons (Fsp3) is 0.333. The number of ether oxygens (including phenoxy) is 3. The van der Waals surface area contributed by atoms with Crippen molar-refractivity contribution in [1.82, 2.24) is 9.97 Å². The van der Waals surface area contributed by atoms with Gasteiger partial charge in [0.15, 0.2) is 0 Å². The molecule has 0 fully saturated rings. The molecule has 0 spiro atoms. The van der Waals surface area contributed by atoms with Gasteiger partial charge in [-0.2, -0.15) is 4.98 Å². The van der Waals surface area contributed by atoms with E-state index in [2.05, 4.69) is 15.3 Å². The van der Waals surface area contributed by atoms with E-state index in [9.17, 15) is 0 Å². The van der Waals surface area contributed by atoms with E-state index >= 15 is 0 Å². The number of hydrogen-bond acceptors (Lipinski definition) is 6. The zero-order valence-corrected chi connectivity index (χ0v) is 12.6. The zero-order chi connectivity index (χ0) is 15.2. The van der Waals surface area contributed by atoms with Crippen LogP contribution in [0.2, 0.25) is 0 Å². The Kier molecular flexibility index (Phi) is 4.81. The molecule has 0 aliphatic heterocycles. The van der Waals surface area contributed by atoms with Crippen molar-refractivity contribution in [3.63, 3.8) is 0 Å². The number of methoxy groups -OCH3 is 2.